The van der Waals surface area contributed by atoms with Gasteiger partial charge in [-0.3, -0.25) is 4.79 Å². The summed E-state index contributed by atoms with van der Waals surface area (Å²) in [5.41, 5.74) is 4.87. The van der Waals surface area contributed by atoms with Crippen LogP contribution >= 0.6 is 11.8 Å². The van der Waals surface area contributed by atoms with Crippen LogP contribution in [0.5, 0.6) is 0 Å². The van der Waals surface area contributed by atoms with Gasteiger partial charge in [-0.2, -0.15) is 11.8 Å². The van der Waals surface area contributed by atoms with E-state index in [0.29, 0.717) is 24.3 Å². The number of carbonyl (C=O) groups is 1. The van der Waals surface area contributed by atoms with Crippen molar-refractivity contribution in [2.24, 2.45) is 0 Å². The van der Waals surface area contributed by atoms with Gasteiger partial charge in [-0.05, 0) is 20.1 Å². The summed E-state index contributed by atoms with van der Waals surface area (Å²) in [6.07, 6.45) is 5.27. The summed E-state index contributed by atoms with van der Waals surface area (Å²) in [4.78, 5) is 16.4. The van der Waals surface area contributed by atoms with E-state index < -0.39 is 5.54 Å². The largest absolute Gasteiger partial charge is 0.382 e. The van der Waals surface area contributed by atoms with Crippen LogP contribution in [0.25, 0.3) is 0 Å². The maximum absolute atomic E-state index is 12.4. The summed E-state index contributed by atoms with van der Waals surface area (Å²) in [5.74, 6) is 0.353. The highest BCUT2D eigenvalue weighted by Gasteiger charge is 2.35. The molecular weight excluding hydrogens is 264 g/mol. The number of nitrogens with two attached hydrogens (primary N) is 1. The minimum Gasteiger partial charge on any atom is -0.382 e. The summed E-state index contributed by atoms with van der Waals surface area (Å²) in [6.45, 7) is 4.94. The lowest BCUT2D eigenvalue weighted by atomic mass is 10.0. The van der Waals surface area contributed by atoms with Crippen molar-refractivity contribution in [1.29, 1.82) is 0 Å². The van der Waals surface area contributed by atoms with Crippen LogP contribution in [-0.2, 0) is 15.1 Å². The van der Waals surface area contributed by atoms with Gasteiger partial charge >= 0.3 is 0 Å². The molecule has 1 fully saturated rings. The molecule has 2 rings (SSSR count). The Labute approximate surface area is 117 Å². The lowest BCUT2D eigenvalue weighted by molar-refractivity contribution is -0.129. The van der Waals surface area contributed by atoms with E-state index in [-0.39, 0.29) is 11.9 Å². The molecule has 0 unspecified atom stereocenters. The SMILES string of the molecule is CS[C@@H]1COC[C@H]1NC(=O)C(C)(C)n1cnc(N)c1. The van der Waals surface area contributed by atoms with E-state index in [2.05, 4.69) is 10.3 Å². The first kappa shape index (κ1) is 14.2. The number of hydrogen-bond acceptors (Lipinski definition) is 5. The second kappa shape index (κ2) is 5.42. The van der Waals surface area contributed by atoms with Gasteiger partial charge < -0.3 is 20.4 Å². The molecule has 1 aromatic rings. The number of thioether (sulfide) groups is 1. The molecule has 1 amide bonds. The van der Waals surface area contributed by atoms with Gasteiger partial charge in [-0.25, -0.2) is 4.98 Å². The van der Waals surface area contributed by atoms with Crippen molar-refractivity contribution in [3.05, 3.63) is 12.5 Å². The van der Waals surface area contributed by atoms with Crippen LogP contribution in [0.2, 0.25) is 0 Å². The van der Waals surface area contributed by atoms with Gasteiger partial charge in [-0.1, -0.05) is 0 Å². The van der Waals surface area contributed by atoms with Crippen LogP contribution in [0.15, 0.2) is 12.5 Å². The van der Waals surface area contributed by atoms with E-state index in [1.54, 1.807) is 28.9 Å². The van der Waals surface area contributed by atoms with Gasteiger partial charge in [0.2, 0.25) is 5.91 Å². The molecule has 6 nitrogen and oxygen atoms in total. The predicted octanol–water partition coefficient (Wildman–Crippen LogP) is 0.447. The predicted molar refractivity (Wildman–Crippen MR) is 76.0 cm³/mol. The average molecular weight is 284 g/mol. The maximum atomic E-state index is 12.4. The van der Waals surface area contributed by atoms with E-state index in [0.717, 1.165) is 0 Å². The third kappa shape index (κ3) is 2.87. The molecule has 0 radical (unpaired) electrons. The highest BCUT2D eigenvalue weighted by Crippen LogP contribution is 2.21. The molecule has 2 heterocycles. The molecule has 0 aromatic carbocycles. The number of imidazole rings is 1. The third-order valence-electron chi connectivity index (χ3n) is 3.45. The molecule has 0 bridgehead atoms. The highest BCUT2D eigenvalue weighted by atomic mass is 32.2. The first-order chi connectivity index (χ1) is 8.95. The number of hydrogen-bond donors (Lipinski definition) is 2. The van der Waals surface area contributed by atoms with Crippen molar-refractivity contribution < 1.29 is 9.53 Å². The van der Waals surface area contributed by atoms with E-state index >= 15 is 0 Å². The van der Waals surface area contributed by atoms with Crippen molar-refractivity contribution in [1.82, 2.24) is 14.9 Å². The molecule has 1 saturated heterocycles. The fraction of sp³-hybridized carbons (Fsp3) is 0.667. The number of rotatable bonds is 4. The second-order valence-electron chi connectivity index (χ2n) is 5.16. The summed E-state index contributed by atoms with van der Waals surface area (Å²) in [7, 11) is 0. The Balaban J connectivity index is 2.06. The highest BCUT2D eigenvalue weighted by molar-refractivity contribution is 7.99. The molecule has 0 aliphatic carbocycles. The van der Waals surface area contributed by atoms with Gasteiger partial charge in [0.25, 0.3) is 0 Å². The molecular formula is C12H20N4O2S. The van der Waals surface area contributed by atoms with E-state index in [9.17, 15) is 4.79 Å². The first-order valence-corrected chi connectivity index (χ1v) is 7.45. The minimum atomic E-state index is -0.726. The Bertz CT molecular complexity index is 460. The Morgan fingerprint density at radius 1 is 1.63 bits per heavy atom. The first-order valence-electron chi connectivity index (χ1n) is 6.16. The lowest BCUT2D eigenvalue weighted by Crippen LogP contribution is -2.50. The fourth-order valence-corrected chi connectivity index (χ4v) is 2.72. The average Bonchev–Trinajstić information content (AvgIpc) is 2.97. The molecule has 0 spiro atoms. The van der Waals surface area contributed by atoms with Crippen LogP contribution in [-0.4, -0.2) is 46.2 Å². The van der Waals surface area contributed by atoms with Crippen LogP contribution in [0.3, 0.4) is 0 Å². The second-order valence-corrected chi connectivity index (χ2v) is 6.23. The smallest absolute Gasteiger partial charge is 0.246 e. The molecule has 7 heteroatoms. The van der Waals surface area contributed by atoms with Crippen LogP contribution in [0, 0.1) is 0 Å². The van der Waals surface area contributed by atoms with Crippen molar-refractivity contribution >= 4 is 23.5 Å². The zero-order valence-corrected chi connectivity index (χ0v) is 12.2. The number of amides is 1. The van der Waals surface area contributed by atoms with E-state index in [1.807, 2.05) is 20.1 Å². The summed E-state index contributed by atoms with van der Waals surface area (Å²) in [5, 5.41) is 3.37. The number of nitrogens with zero attached hydrogens (tertiary/aromatic N) is 2. The molecule has 19 heavy (non-hydrogen) atoms. The summed E-state index contributed by atoms with van der Waals surface area (Å²) in [6, 6.07) is 0.0580. The number of ether oxygens (including phenoxy) is 1. The Kier molecular flexibility index (Phi) is 4.05. The molecule has 2 atom stereocenters. The third-order valence-corrected chi connectivity index (χ3v) is 4.52. The van der Waals surface area contributed by atoms with Crippen molar-refractivity contribution in [2.75, 3.05) is 25.2 Å². The van der Waals surface area contributed by atoms with Crippen LogP contribution in [0.1, 0.15) is 13.8 Å². The molecule has 0 saturated carbocycles. The van der Waals surface area contributed by atoms with Crippen molar-refractivity contribution in [3.63, 3.8) is 0 Å². The van der Waals surface area contributed by atoms with E-state index in [1.165, 1.54) is 0 Å². The number of carbonyl (C=O) groups excluding carboxylic acids is 1. The Hall–Kier alpha value is -1.21. The monoisotopic (exact) mass is 284 g/mol. The molecule has 3 N–H and O–H groups in total. The fourth-order valence-electron chi connectivity index (χ4n) is 2.01. The normalized spacial score (nSPS) is 23.5. The number of nitrogen functional groups attached to an aromatic ring is 1. The van der Waals surface area contributed by atoms with Gasteiger partial charge in [-0.15, -0.1) is 0 Å². The lowest BCUT2D eigenvalue weighted by Gasteiger charge is -2.28. The number of anilines is 1. The summed E-state index contributed by atoms with van der Waals surface area (Å²) >= 11 is 1.71. The van der Waals surface area contributed by atoms with Gasteiger partial charge in [0.1, 0.15) is 11.4 Å². The maximum Gasteiger partial charge on any atom is 0.246 e. The van der Waals surface area contributed by atoms with Gasteiger partial charge in [0, 0.05) is 6.20 Å². The number of aromatic nitrogens is 2. The quantitative estimate of drug-likeness (QED) is 0.839. The Morgan fingerprint density at radius 3 is 2.95 bits per heavy atom. The molecule has 1 aliphatic rings. The number of nitrogens with one attached hydrogen (secondary N) is 1. The molecule has 1 aromatic heterocycles. The minimum absolute atomic E-state index is 0.0561. The molecule has 1 aliphatic heterocycles. The van der Waals surface area contributed by atoms with Crippen molar-refractivity contribution in [2.45, 2.75) is 30.7 Å². The molecule has 106 valence electrons. The van der Waals surface area contributed by atoms with Gasteiger partial charge in [0.15, 0.2) is 0 Å². The van der Waals surface area contributed by atoms with Crippen LogP contribution in [0.4, 0.5) is 5.82 Å². The summed E-state index contributed by atoms with van der Waals surface area (Å²) < 4.78 is 7.13. The zero-order chi connectivity index (χ0) is 14.0. The van der Waals surface area contributed by atoms with E-state index in [4.69, 9.17) is 10.5 Å². The van der Waals surface area contributed by atoms with Crippen molar-refractivity contribution in [3.8, 4) is 0 Å². The topological polar surface area (TPSA) is 82.2 Å². The van der Waals surface area contributed by atoms with Crippen LogP contribution < -0.4 is 11.1 Å². The Morgan fingerprint density at radius 2 is 2.37 bits per heavy atom. The van der Waals surface area contributed by atoms with Gasteiger partial charge in [0.05, 0.1) is 30.8 Å². The zero-order valence-electron chi connectivity index (χ0n) is 11.4. The standard InChI is InChI=1S/C12H20N4O2S/c1-12(2,16-4-10(13)14-7-16)11(17)15-8-5-18-6-9(8)19-3/h4,7-9H,5-6,13H2,1-3H3,(H,15,17)/t8-,9-/m1/s1.